The first-order valence-electron chi connectivity index (χ1n) is 5.79. The zero-order valence-corrected chi connectivity index (χ0v) is 9.62. The van der Waals surface area contributed by atoms with Gasteiger partial charge in [0.15, 0.2) is 0 Å². The minimum Gasteiger partial charge on any atom is -0.299 e. The SMILES string of the molecule is CCC(=O)C1C(=O)C2CC=CC21C(C)C. The minimum absolute atomic E-state index is 0.0954. The molecule has 0 amide bonds. The van der Waals surface area contributed by atoms with E-state index in [0.717, 1.165) is 6.42 Å². The number of allylic oxidation sites excluding steroid dienone is 2. The summed E-state index contributed by atoms with van der Waals surface area (Å²) in [6.07, 6.45) is 5.52. The number of rotatable bonds is 3. The summed E-state index contributed by atoms with van der Waals surface area (Å²) < 4.78 is 0. The quantitative estimate of drug-likeness (QED) is 0.525. The molecule has 0 bridgehead atoms. The standard InChI is InChI=1S/C13H18O2/c1-4-10(14)11-12(15)9-6-5-7-13(9,11)8(2)3/h5,7-9,11H,4,6H2,1-3H3. The number of hydrogen-bond donors (Lipinski definition) is 0. The highest BCUT2D eigenvalue weighted by Gasteiger charge is 2.64. The number of carbonyl (C=O) groups is 2. The van der Waals surface area contributed by atoms with Crippen LogP contribution in [0.3, 0.4) is 0 Å². The Morgan fingerprint density at radius 1 is 1.60 bits per heavy atom. The van der Waals surface area contributed by atoms with Gasteiger partial charge in [-0.25, -0.2) is 0 Å². The first kappa shape index (κ1) is 10.6. The molecule has 0 spiro atoms. The molecule has 0 aromatic rings. The molecular weight excluding hydrogens is 188 g/mol. The van der Waals surface area contributed by atoms with Gasteiger partial charge in [-0.1, -0.05) is 32.9 Å². The number of carbonyl (C=O) groups excluding carboxylic acids is 2. The molecule has 2 heteroatoms. The highest BCUT2D eigenvalue weighted by molar-refractivity contribution is 6.10. The largest absolute Gasteiger partial charge is 0.299 e. The van der Waals surface area contributed by atoms with E-state index < -0.39 is 0 Å². The lowest BCUT2D eigenvalue weighted by Gasteiger charge is -2.52. The lowest BCUT2D eigenvalue weighted by atomic mass is 9.48. The Bertz CT molecular complexity index is 340. The van der Waals surface area contributed by atoms with Gasteiger partial charge >= 0.3 is 0 Å². The van der Waals surface area contributed by atoms with E-state index >= 15 is 0 Å². The topological polar surface area (TPSA) is 34.1 Å². The van der Waals surface area contributed by atoms with Gasteiger partial charge in [0.25, 0.3) is 0 Å². The Kier molecular flexibility index (Phi) is 2.32. The maximum absolute atomic E-state index is 11.9. The van der Waals surface area contributed by atoms with Crippen molar-refractivity contribution >= 4 is 11.6 Å². The third kappa shape index (κ3) is 1.11. The average Bonchev–Trinajstić information content (AvgIpc) is 2.57. The molecule has 0 heterocycles. The normalized spacial score (nSPS) is 38.0. The molecule has 2 nitrogen and oxygen atoms in total. The molecule has 0 radical (unpaired) electrons. The van der Waals surface area contributed by atoms with Crippen molar-refractivity contribution in [3.05, 3.63) is 12.2 Å². The van der Waals surface area contributed by atoms with Crippen LogP contribution in [0, 0.1) is 23.2 Å². The van der Waals surface area contributed by atoms with Gasteiger partial charge in [-0.2, -0.15) is 0 Å². The first-order chi connectivity index (χ1) is 7.05. The van der Waals surface area contributed by atoms with E-state index in [2.05, 4.69) is 26.0 Å². The molecule has 1 saturated carbocycles. The number of hydrogen-bond acceptors (Lipinski definition) is 2. The van der Waals surface area contributed by atoms with E-state index in [1.807, 2.05) is 6.92 Å². The molecule has 0 aliphatic heterocycles. The van der Waals surface area contributed by atoms with Crippen LogP contribution < -0.4 is 0 Å². The lowest BCUT2D eigenvalue weighted by molar-refractivity contribution is -0.160. The Morgan fingerprint density at radius 2 is 2.27 bits per heavy atom. The monoisotopic (exact) mass is 206 g/mol. The predicted octanol–water partition coefficient (Wildman–Crippen LogP) is 2.38. The van der Waals surface area contributed by atoms with E-state index in [9.17, 15) is 9.59 Å². The van der Waals surface area contributed by atoms with Gasteiger partial charge in [0.2, 0.25) is 0 Å². The fourth-order valence-corrected chi connectivity index (χ4v) is 3.31. The summed E-state index contributed by atoms with van der Waals surface area (Å²) in [5.41, 5.74) is -0.135. The molecule has 0 aromatic carbocycles. The van der Waals surface area contributed by atoms with E-state index in [0.29, 0.717) is 12.3 Å². The van der Waals surface area contributed by atoms with E-state index in [-0.39, 0.29) is 28.8 Å². The molecule has 1 fully saturated rings. The summed E-state index contributed by atoms with van der Waals surface area (Å²) in [7, 11) is 0. The van der Waals surface area contributed by atoms with Gasteiger partial charge in [0, 0.05) is 17.8 Å². The second kappa shape index (κ2) is 3.29. The van der Waals surface area contributed by atoms with Gasteiger partial charge in [-0.3, -0.25) is 9.59 Å². The second-order valence-electron chi connectivity index (χ2n) is 5.00. The number of Topliss-reactive ketones (excluding diaryl/α,β-unsaturated/α-hetero) is 2. The summed E-state index contributed by atoms with van der Waals surface area (Å²) >= 11 is 0. The minimum atomic E-state index is -0.341. The predicted molar refractivity (Wildman–Crippen MR) is 58.3 cm³/mol. The zero-order valence-electron chi connectivity index (χ0n) is 9.62. The molecule has 2 rings (SSSR count). The first-order valence-corrected chi connectivity index (χ1v) is 5.79. The van der Waals surface area contributed by atoms with Crippen molar-refractivity contribution in [2.45, 2.75) is 33.6 Å². The van der Waals surface area contributed by atoms with Crippen LogP contribution in [0.1, 0.15) is 33.6 Å². The molecule has 0 aromatic heterocycles. The van der Waals surface area contributed by atoms with E-state index in [4.69, 9.17) is 0 Å². The molecule has 3 unspecified atom stereocenters. The van der Waals surface area contributed by atoms with Crippen LogP contribution >= 0.6 is 0 Å². The average molecular weight is 206 g/mol. The molecular formula is C13H18O2. The molecule has 2 aliphatic carbocycles. The Labute approximate surface area is 90.7 Å². The van der Waals surface area contributed by atoms with Crippen LogP contribution in [-0.2, 0) is 9.59 Å². The maximum Gasteiger partial charge on any atom is 0.148 e. The van der Waals surface area contributed by atoms with Gasteiger partial charge in [-0.15, -0.1) is 0 Å². The molecule has 0 N–H and O–H groups in total. The van der Waals surface area contributed by atoms with Crippen molar-refractivity contribution in [1.29, 1.82) is 0 Å². The third-order valence-corrected chi connectivity index (χ3v) is 4.18. The summed E-state index contributed by atoms with van der Waals surface area (Å²) in [4.78, 5) is 23.7. The summed E-state index contributed by atoms with van der Waals surface area (Å²) in [6, 6.07) is 0. The van der Waals surface area contributed by atoms with Gasteiger partial charge in [0.1, 0.15) is 11.6 Å². The summed E-state index contributed by atoms with van der Waals surface area (Å²) in [5, 5.41) is 0. The van der Waals surface area contributed by atoms with Crippen molar-refractivity contribution < 1.29 is 9.59 Å². The van der Waals surface area contributed by atoms with Crippen molar-refractivity contribution in [1.82, 2.24) is 0 Å². The maximum atomic E-state index is 11.9. The van der Waals surface area contributed by atoms with Crippen molar-refractivity contribution in [3.63, 3.8) is 0 Å². The van der Waals surface area contributed by atoms with Gasteiger partial charge in [-0.05, 0) is 12.3 Å². The molecule has 0 saturated heterocycles. The Morgan fingerprint density at radius 3 is 2.80 bits per heavy atom. The van der Waals surface area contributed by atoms with Crippen molar-refractivity contribution in [3.8, 4) is 0 Å². The number of ketones is 2. The fourth-order valence-electron chi connectivity index (χ4n) is 3.31. The van der Waals surface area contributed by atoms with Gasteiger partial charge < -0.3 is 0 Å². The molecule has 82 valence electrons. The van der Waals surface area contributed by atoms with Crippen LogP contribution in [-0.4, -0.2) is 11.6 Å². The third-order valence-electron chi connectivity index (χ3n) is 4.18. The van der Waals surface area contributed by atoms with Crippen LogP contribution in [0.4, 0.5) is 0 Å². The van der Waals surface area contributed by atoms with Crippen LogP contribution in [0.2, 0.25) is 0 Å². The Balaban J connectivity index is 2.36. The zero-order chi connectivity index (χ0) is 11.2. The molecule has 3 atom stereocenters. The second-order valence-corrected chi connectivity index (χ2v) is 5.00. The van der Waals surface area contributed by atoms with Crippen molar-refractivity contribution in [2.75, 3.05) is 0 Å². The fraction of sp³-hybridized carbons (Fsp3) is 0.692. The molecule has 2 aliphatic rings. The van der Waals surface area contributed by atoms with Crippen molar-refractivity contribution in [2.24, 2.45) is 23.2 Å². The number of fused-ring (bicyclic) bond motifs is 1. The summed E-state index contributed by atoms with van der Waals surface area (Å²) in [6.45, 7) is 6.08. The van der Waals surface area contributed by atoms with E-state index in [1.54, 1.807) is 0 Å². The highest BCUT2D eigenvalue weighted by atomic mass is 16.2. The Hall–Kier alpha value is -0.920. The summed E-state index contributed by atoms with van der Waals surface area (Å²) in [5.74, 6) is 0.431. The molecule has 15 heavy (non-hydrogen) atoms. The van der Waals surface area contributed by atoms with Crippen LogP contribution in [0.5, 0.6) is 0 Å². The van der Waals surface area contributed by atoms with Crippen LogP contribution in [0.25, 0.3) is 0 Å². The van der Waals surface area contributed by atoms with Crippen LogP contribution in [0.15, 0.2) is 12.2 Å². The lowest BCUT2D eigenvalue weighted by Crippen LogP contribution is -2.60. The smallest absolute Gasteiger partial charge is 0.148 e. The van der Waals surface area contributed by atoms with E-state index in [1.165, 1.54) is 0 Å². The van der Waals surface area contributed by atoms with Gasteiger partial charge in [0.05, 0.1) is 5.92 Å². The highest BCUT2D eigenvalue weighted by Crippen LogP contribution is 2.60.